The van der Waals surface area contributed by atoms with Crippen LogP contribution in [0.1, 0.15) is 44.0 Å². The van der Waals surface area contributed by atoms with Gasteiger partial charge in [0, 0.05) is 13.1 Å². The smallest absolute Gasteiger partial charge is 0.407 e. The van der Waals surface area contributed by atoms with Gasteiger partial charge in [0.25, 0.3) is 0 Å². The van der Waals surface area contributed by atoms with E-state index in [4.69, 9.17) is 14.9 Å². The molecule has 19 heavy (non-hydrogen) atoms. The number of rotatable bonds is 4. The molecule has 0 fully saturated rings. The highest BCUT2D eigenvalue weighted by molar-refractivity contribution is 5.67. The molecular formula is C13H23N3O3. The molecule has 1 amide bonds. The van der Waals surface area contributed by atoms with Gasteiger partial charge in [0.15, 0.2) is 0 Å². The molecule has 108 valence electrons. The summed E-state index contributed by atoms with van der Waals surface area (Å²) >= 11 is 0. The van der Waals surface area contributed by atoms with E-state index in [1.54, 1.807) is 0 Å². The Balaban J connectivity index is 2.56. The van der Waals surface area contributed by atoms with Crippen molar-refractivity contribution in [1.82, 2.24) is 10.3 Å². The molecule has 1 aromatic rings. The molecule has 0 spiro atoms. The lowest BCUT2D eigenvalue weighted by atomic mass is 10.1. The number of carbonyl (C=O) groups excluding carboxylic acids is 1. The molecule has 1 aromatic heterocycles. The van der Waals surface area contributed by atoms with E-state index in [-0.39, 0.29) is 5.92 Å². The van der Waals surface area contributed by atoms with Crippen LogP contribution in [0.25, 0.3) is 0 Å². The number of oxazole rings is 1. The quantitative estimate of drug-likeness (QED) is 0.870. The van der Waals surface area contributed by atoms with Gasteiger partial charge >= 0.3 is 6.09 Å². The Hall–Kier alpha value is -1.56. The van der Waals surface area contributed by atoms with E-state index < -0.39 is 11.7 Å². The Morgan fingerprint density at radius 1 is 1.47 bits per heavy atom. The largest absolute Gasteiger partial charge is 0.445 e. The van der Waals surface area contributed by atoms with Gasteiger partial charge in [0.05, 0.1) is 11.6 Å². The van der Waals surface area contributed by atoms with Crippen molar-refractivity contribution in [3.05, 3.63) is 17.3 Å². The summed E-state index contributed by atoms with van der Waals surface area (Å²) in [6, 6.07) is 0. The number of hydrogen-bond donors (Lipinski definition) is 2. The first kappa shape index (κ1) is 15.5. The van der Waals surface area contributed by atoms with Gasteiger partial charge < -0.3 is 20.2 Å². The first-order chi connectivity index (χ1) is 8.73. The van der Waals surface area contributed by atoms with Crippen LogP contribution in [0.5, 0.6) is 0 Å². The average molecular weight is 269 g/mol. The molecule has 6 heteroatoms. The fourth-order valence-electron chi connectivity index (χ4n) is 1.46. The molecule has 6 nitrogen and oxygen atoms in total. The number of carbonyl (C=O) groups is 1. The third kappa shape index (κ3) is 4.90. The van der Waals surface area contributed by atoms with Crippen molar-refractivity contribution in [3.63, 3.8) is 0 Å². The van der Waals surface area contributed by atoms with Gasteiger partial charge in [-0.2, -0.15) is 0 Å². The molecule has 3 N–H and O–H groups in total. The summed E-state index contributed by atoms with van der Waals surface area (Å²) in [5, 5.41) is 2.68. The van der Waals surface area contributed by atoms with Crippen molar-refractivity contribution in [2.24, 2.45) is 5.73 Å². The maximum absolute atomic E-state index is 11.6. The maximum Gasteiger partial charge on any atom is 0.407 e. The zero-order valence-corrected chi connectivity index (χ0v) is 12.2. The molecular weight excluding hydrogens is 246 g/mol. The zero-order chi connectivity index (χ0) is 14.6. The average Bonchev–Trinajstić information content (AvgIpc) is 2.57. The summed E-state index contributed by atoms with van der Waals surface area (Å²) in [6.45, 7) is 9.84. The fraction of sp³-hybridized carbons (Fsp3) is 0.692. The number of ether oxygens (including phenoxy) is 1. The van der Waals surface area contributed by atoms with Crippen LogP contribution >= 0.6 is 0 Å². The topological polar surface area (TPSA) is 90.4 Å². The van der Waals surface area contributed by atoms with Gasteiger partial charge in [-0.25, -0.2) is 9.78 Å². The lowest BCUT2D eigenvalue weighted by Crippen LogP contribution is -2.36. The number of alkyl carbamates (subject to hydrolysis) is 1. The number of nitrogens with one attached hydrogen (secondary N) is 1. The lowest BCUT2D eigenvalue weighted by Gasteiger charge is -2.20. The van der Waals surface area contributed by atoms with Crippen molar-refractivity contribution in [2.75, 3.05) is 13.1 Å². The van der Waals surface area contributed by atoms with E-state index in [1.807, 2.05) is 34.6 Å². The summed E-state index contributed by atoms with van der Waals surface area (Å²) in [5.74, 6) is 1.17. The van der Waals surface area contributed by atoms with Gasteiger partial charge in [-0.05, 0) is 34.6 Å². The summed E-state index contributed by atoms with van der Waals surface area (Å²) in [4.78, 5) is 15.9. The van der Waals surface area contributed by atoms with Crippen molar-refractivity contribution in [1.29, 1.82) is 0 Å². The molecule has 1 rings (SSSR count). The third-order valence-corrected chi connectivity index (χ3v) is 2.57. The van der Waals surface area contributed by atoms with Crippen LogP contribution in [0.15, 0.2) is 4.42 Å². The number of hydrogen-bond acceptors (Lipinski definition) is 5. The minimum atomic E-state index is -0.515. The van der Waals surface area contributed by atoms with E-state index in [1.165, 1.54) is 0 Å². The van der Waals surface area contributed by atoms with Crippen LogP contribution in [0.3, 0.4) is 0 Å². The fourth-order valence-corrected chi connectivity index (χ4v) is 1.46. The summed E-state index contributed by atoms with van der Waals surface area (Å²) in [5.41, 5.74) is 6.01. The minimum absolute atomic E-state index is 0.153. The molecule has 0 aliphatic rings. The van der Waals surface area contributed by atoms with Crippen LogP contribution < -0.4 is 11.1 Å². The molecule has 0 aromatic carbocycles. The van der Waals surface area contributed by atoms with Crippen LogP contribution in [-0.4, -0.2) is 29.8 Å². The highest BCUT2D eigenvalue weighted by atomic mass is 16.6. The van der Waals surface area contributed by atoms with Crippen molar-refractivity contribution >= 4 is 6.09 Å². The van der Waals surface area contributed by atoms with Crippen LogP contribution in [-0.2, 0) is 4.74 Å². The zero-order valence-electron chi connectivity index (χ0n) is 12.2. The summed E-state index contributed by atoms with van der Waals surface area (Å²) in [7, 11) is 0. The SMILES string of the molecule is Cc1nc(C(CN)CNC(=O)OC(C)(C)C)oc1C. The Morgan fingerprint density at radius 3 is 2.53 bits per heavy atom. The number of amides is 1. The Kier molecular flexibility index (Phi) is 4.94. The minimum Gasteiger partial charge on any atom is -0.445 e. The highest BCUT2D eigenvalue weighted by Gasteiger charge is 2.20. The van der Waals surface area contributed by atoms with E-state index >= 15 is 0 Å². The number of aromatic nitrogens is 1. The Morgan fingerprint density at radius 2 is 2.11 bits per heavy atom. The van der Waals surface area contributed by atoms with Gasteiger partial charge in [0.2, 0.25) is 5.89 Å². The van der Waals surface area contributed by atoms with E-state index in [9.17, 15) is 4.79 Å². The van der Waals surface area contributed by atoms with Crippen LogP contribution in [0.2, 0.25) is 0 Å². The standard InChI is InChI=1S/C13H23N3O3/c1-8-9(2)18-11(16-8)10(6-14)7-15-12(17)19-13(3,4)5/h10H,6-7,14H2,1-5H3,(H,15,17). The van der Waals surface area contributed by atoms with Crippen molar-refractivity contribution in [2.45, 2.75) is 46.1 Å². The Labute approximate surface area is 113 Å². The monoisotopic (exact) mass is 269 g/mol. The molecule has 0 radical (unpaired) electrons. The molecule has 0 saturated carbocycles. The van der Waals surface area contributed by atoms with Gasteiger partial charge in [-0.3, -0.25) is 0 Å². The molecule has 0 saturated heterocycles. The maximum atomic E-state index is 11.6. The second kappa shape index (κ2) is 6.06. The Bertz CT molecular complexity index is 415. The van der Waals surface area contributed by atoms with Gasteiger partial charge in [0.1, 0.15) is 11.4 Å². The lowest BCUT2D eigenvalue weighted by molar-refractivity contribution is 0.0523. The van der Waals surface area contributed by atoms with Crippen LogP contribution in [0, 0.1) is 13.8 Å². The first-order valence-electron chi connectivity index (χ1n) is 6.33. The van der Waals surface area contributed by atoms with Crippen molar-refractivity contribution in [3.8, 4) is 0 Å². The molecule has 0 aliphatic carbocycles. The summed E-state index contributed by atoms with van der Waals surface area (Å²) in [6.07, 6.45) is -0.467. The normalized spacial score (nSPS) is 13.2. The van der Waals surface area contributed by atoms with Gasteiger partial charge in [-0.15, -0.1) is 0 Å². The van der Waals surface area contributed by atoms with E-state index in [0.717, 1.165) is 11.5 Å². The number of nitrogens with zero attached hydrogens (tertiary/aromatic N) is 1. The first-order valence-corrected chi connectivity index (χ1v) is 6.33. The highest BCUT2D eigenvalue weighted by Crippen LogP contribution is 2.17. The third-order valence-electron chi connectivity index (χ3n) is 2.57. The summed E-state index contributed by atoms with van der Waals surface area (Å²) < 4.78 is 10.7. The molecule has 0 aliphatic heterocycles. The molecule has 1 heterocycles. The van der Waals surface area contributed by atoms with Gasteiger partial charge in [-0.1, -0.05) is 0 Å². The number of aryl methyl sites for hydroxylation is 2. The molecule has 1 atom stereocenters. The van der Waals surface area contributed by atoms with E-state index in [2.05, 4.69) is 10.3 Å². The predicted octanol–water partition coefficient (Wildman–Crippen LogP) is 1.86. The predicted molar refractivity (Wildman–Crippen MR) is 72.0 cm³/mol. The second-order valence-electron chi connectivity index (χ2n) is 5.51. The van der Waals surface area contributed by atoms with E-state index in [0.29, 0.717) is 19.0 Å². The second-order valence-corrected chi connectivity index (χ2v) is 5.51. The molecule has 1 unspecified atom stereocenters. The van der Waals surface area contributed by atoms with Crippen LogP contribution in [0.4, 0.5) is 4.79 Å². The number of nitrogens with two attached hydrogens (primary N) is 1. The van der Waals surface area contributed by atoms with Crippen molar-refractivity contribution < 1.29 is 13.9 Å². The molecule has 0 bridgehead atoms.